The van der Waals surface area contributed by atoms with Gasteiger partial charge in [0.1, 0.15) is 17.8 Å². The van der Waals surface area contributed by atoms with Crippen molar-refractivity contribution in [2.45, 2.75) is 25.1 Å². The molecule has 0 bridgehead atoms. The van der Waals surface area contributed by atoms with E-state index in [2.05, 4.69) is 10.6 Å². The first kappa shape index (κ1) is 19.7. The molecular formula is C20H20ClF3N2O. The zero-order valence-corrected chi connectivity index (χ0v) is 15.3. The SMILES string of the molecule is O=C(CC1CCNCC1F)NC(c1cc(F)ccc1F)c1ccccc1Cl. The van der Waals surface area contributed by atoms with Crippen molar-refractivity contribution in [3.63, 3.8) is 0 Å². The molecule has 1 amide bonds. The molecule has 0 saturated carbocycles. The predicted octanol–water partition coefficient (Wildman–Crippen LogP) is 4.16. The lowest BCUT2D eigenvalue weighted by Crippen LogP contribution is -2.41. The number of amides is 1. The van der Waals surface area contributed by atoms with Crippen LogP contribution in [-0.2, 0) is 4.79 Å². The van der Waals surface area contributed by atoms with Crippen LogP contribution >= 0.6 is 11.6 Å². The Morgan fingerprint density at radius 1 is 1.22 bits per heavy atom. The number of carbonyl (C=O) groups excluding carboxylic acids is 1. The molecule has 0 aliphatic carbocycles. The van der Waals surface area contributed by atoms with Gasteiger partial charge in [-0.25, -0.2) is 13.2 Å². The van der Waals surface area contributed by atoms with Gasteiger partial charge in [0.25, 0.3) is 0 Å². The second kappa shape index (κ2) is 8.76. The van der Waals surface area contributed by atoms with Crippen molar-refractivity contribution < 1.29 is 18.0 Å². The van der Waals surface area contributed by atoms with Crippen molar-refractivity contribution in [2.75, 3.05) is 13.1 Å². The largest absolute Gasteiger partial charge is 0.345 e. The summed E-state index contributed by atoms with van der Waals surface area (Å²) in [6.07, 6.45) is -0.602. The molecule has 2 aromatic carbocycles. The van der Waals surface area contributed by atoms with Gasteiger partial charge in [0.05, 0.1) is 6.04 Å². The lowest BCUT2D eigenvalue weighted by Gasteiger charge is -2.27. The van der Waals surface area contributed by atoms with Crippen molar-refractivity contribution in [1.82, 2.24) is 10.6 Å². The Hall–Kier alpha value is -2.05. The first-order valence-corrected chi connectivity index (χ1v) is 9.17. The minimum atomic E-state index is -1.12. The number of hydrogen-bond acceptors (Lipinski definition) is 2. The van der Waals surface area contributed by atoms with E-state index in [1.54, 1.807) is 24.3 Å². The van der Waals surface area contributed by atoms with Gasteiger partial charge in [-0.3, -0.25) is 4.79 Å². The highest BCUT2D eigenvalue weighted by molar-refractivity contribution is 6.31. The molecule has 1 saturated heterocycles. The van der Waals surface area contributed by atoms with Gasteiger partial charge in [-0.1, -0.05) is 29.8 Å². The summed E-state index contributed by atoms with van der Waals surface area (Å²) in [4.78, 5) is 12.6. The van der Waals surface area contributed by atoms with Crippen molar-refractivity contribution >= 4 is 17.5 Å². The summed E-state index contributed by atoms with van der Waals surface area (Å²) in [5.41, 5.74) is 0.415. The number of rotatable bonds is 5. The normalized spacial score (nSPS) is 20.9. The van der Waals surface area contributed by atoms with E-state index in [1.165, 1.54) is 0 Å². The Bertz CT molecular complexity index is 818. The topological polar surface area (TPSA) is 41.1 Å². The van der Waals surface area contributed by atoms with Crippen molar-refractivity contribution in [1.29, 1.82) is 0 Å². The highest BCUT2D eigenvalue weighted by Crippen LogP contribution is 2.31. The lowest BCUT2D eigenvalue weighted by atomic mass is 9.91. The molecule has 2 N–H and O–H groups in total. The van der Waals surface area contributed by atoms with Crippen LogP contribution in [0.15, 0.2) is 42.5 Å². The van der Waals surface area contributed by atoms with Crippen LogP contribution in [0.4, 0.5) is 13.2 Å². The van der Waals surface area contributed by atoms with Crippen molar-refractivity contribution in [3.8, 4) is 0 Å². The number of nitrogens with one attached hydrogen (secondary N) is 2. The van der Waals surface area contributed by atoms with Crippen LogP contribution in [-0.4, -0.2) is 25.2 Å². The van der Waals surface area contributed by atoms with Gasteiger partial charge < -0.3 is 10.6 Å². The van der Waals surface area contributed by atoms with Crippen LogP contribution in [0.1, 0.15) is 30.0 Å². The molecule has 0 spiro atoms. The third-order valence-electron chi connectivity index (χ3n) is 4.78. The summed E-state index contributed by atoms with van der Waals surface area (Å²) >= 11 is 6.22. The van der Waals surface area contributed by atoms with E-state index in [0.717, 1.165) is 18.2 Å². The Morgan fingerprint density at radius 2 is 2.00 bits per heavy atom. The number of halogens is 4. The molecular weight excluding hydrogens is 377 g/mol. The highest BCUT2D eigenvalue weighted by atomic mass is 35.5. The molecule has 144 valence electrons. The van der Waals surface area contributed by atoms with Gasteiger partial charge in [-0.2, -0.15) is 0 Å². The Kier molecular flexibility index (Phi) is 6.39. The molecule has 1 aliphatic heterocycles. The van der Waals surface area contributed by atoms with E-state index >= 15 is 0 Å². The predicted molar refractivity (Wildman–Crippen MR) is 98.3 cm³/mol. The van der Waals surface area contributed by atoms with Gasteiger partial charge in [0.2, 0.25) is 5.91 Å². The smallest absolute Gasteiger partial charge is 0.221 e. The van der Waals surface area contributed by atoms with Gasteiger partial charge in [0, 0.05) is 29.5 Å². The first-order valence-electron chi connectivity index (χ1n) is 8.79. The number of piperidine rings is 1. The van der Waals surface area contributed by atoms with Gasteiger partial charge in [-0.05, 0) is 42.8 Å². The molecule has 0 aromatic heterocycles. The summed E-state index contributed by atoms with van der Waals surface area (Å²) in [6, 6.07) is 8.72. The second-order valence-electron chi connectivity index (χ2n) is 6.66. The zero-order chi connectivity index (χ0) is 19.4. The Labute approximate surface area is 160 Å². The van der Waals surface area contributed by atoms with E-state index in [4.69, 9.17) is 11.6 Å². The van der Waals surface area contributed by atoms with Crippen LogP contribution in [0.25, 0.3) is 0 Å². The molecule has 27 heavy (non-hydrogen) atoms. The van der Waals surface area contributed by atoms with E-state index in [1.807, 2.05) is 0 Å². The molecule has 3 atom stereocenters. The van der Waals surface area contributed by atoms with Crippen molar-refractivity contribution in [2.24, 2.45) is 5.92 Å². The molecule has 1 fully saturated rings. The maximum Gasteiger partial charge on any atom is 0.221 e. The lowest BCUT2D eigenvalue weighted by molar-refractivity contribution is -0.123. The average Bonchev–Trinajstić information content (AvgIpc) is 2.64. The van der Waals surface area contributed by atoms with E-state index < -0.39 is 35.7 Å². The minimum Gasteiger partial charge on any atom is -0.345 e. The van der Waals surface area contributed by atoms with Crippen LogP contribution < -0.4 is 10.6 Å². The molecule has 3 unspecified atom stereocenters. The molecule has 1 aliphatic rings. The quantitative estimate of drug-likeness (QED) is 0.796. The number of benzene rings is 2. The van der Waals surface area contributed by atoms with Gasteiger partial charge >= 0.3 is 0 Å². The van der Waals surface area contributed by atoms with Crippen LogP contribution in [0.5, 0.6) is 0 Å². The maximum absolute atomic E-state index is 14.4. The third-order valence-corrected chi connectivity index (χ3v) is 5.13. The van der Waals surface area contributed by atoms with Crippen molar-refractivity contribution in [3.05, 3.63) is 70.2 Å². The fraction of sp³-hybridized carbons (Fsp3) is 0.350. The van der Waals surface area contributed by atoms with Gasteiger partial charge in [0.15, 0.2) is 0 Å². The number of hydrogen-bond donors (Lipinski definition) is 2. The van der Waals surface area contributed by atoms with Crippen LogP contribution in [0.2, 0.25) is 5.02 Å². The fourth-order valence-electron chi connectivity index (χ4n) is 3.33. The van der Waals surface area contributed by atoms with Gasteiger partial charge in [-0.15, -0.1) is 0 Å². The third kappa shape index (κ3) is 4.82. The Morgan fingerprint density at radius 3 is 2.74 bits per heavy atom. The fourth-order valence-corrected chi connectivity index (χ4v) is 3.58. The standard InChI is InChI=1S/C20H20ClF3N2O/c21-16-4-2-1-3-14(16)20(15-10-13(22)5-6-17(15)23)26-19(27)9-12-7-8-25-11-18(12)24/h1-6,10,12,18,20,25H,7-9,11H2,(H,26,27). The number of alkyl halides is 1. The zero-order valence-electron chi connectivity index (χ0n) is 14.5. The van der Waals surface area contributed by atoms with E-state index in [9.17, 15) is 18.0 Å². The number of carbonyl (C=O) groups is 1. The summed E-state index contributed by atoms with van der Waals surface area (Å²) in [7, 11) is 0. The first-order chi connectivity index (χ1) is 13.0. The van der Waals surface area contributed by atoms with E-state index in [0.29, 0.717) is 23.6 Å². The van der Waals surface area contributed by atoms with E-state index in [-0.39, 0.29) is 18.5 Å². The Balaban J connectivity index is 1.87. The highest BCUT2D eigenvalue weighted by Gasteiger charge is 2.29. The summed E-state index contributed by atoms with van der Waals surface area (Å²) < 4.78 is 42.1. The molecule has 3 rings (SSSR count). The maximum atomic E-state index is 14.4. The molecule has 0 radical (unpaired) electrons. The molecule has 1 heterocycles. The minimum absolute atomic E-state index is 0.0270. The molecule has 7 heteroatoms. The monoisotopic (exact) mass is 396 g/mol. The second-order valence-corrected chi connectivity index (χ2v) is 7.07. The summed E-state index contributed by atoms with van der Waals surface area (Å²) in [5.74, 6) is -2.12. The summed E-state index contributed by atoms with van der Waals surface area (Å²) in [6.45, 7) is 0.856. The average molecular weight is 397 g/mol. The van der Waals surface area contributed by atoms with Crippen LogP contribution in [0, 0.1) is 17.6 Å². The molecule has 2 aromatic rings. The van der Waals surface area contributed by atoms with Crippen LogP contribution in [0.3, 0.4) is 0 Å². The molecule has 3 nitrogen and oxygen atoms in total. The summed E-state index contributed by atoms with van der Waals surface area (Å²) in [5, 5.41) is 5.96.